The maximum atomic E-state index is 6.06. The third-order valence-corrected chi connectivity index (χ3v) is 5.08. The summed E-state index contributed by atoms with van der Waals surface area (Å²) in [5, 5.41) is 0. The van der Waals surface area contributed by atoms with E-state index in [0.717, 1.165) is 36.2 Å². The van der Waals surface area contributed by atoms with Crippen molar-refractivity contribution in [2.24, 2.45) is 11.7 Å². The molecular formula is C18H29BrN2O. The molecule has 0 radical (unpaired) electrons. The fourth-order valence-electron chi connectivity index (χ4n) is 3.32. The Hall–Kier alpha value is -0.580. The summed E-state index contributed by atoms with van der Waals surface area (Å²) in [4.78, 5) is 2.64. The zero-order valence-corrected chi connectivity index (χ0v) is 15.6. The molecule has 0 amide bonds. The van der Waals surface area contributed by atoms with Crippen LogP contribution in [0.1, 0.15) is 45.1 Å². The van der Waals surface area contributed by atoms with Crippen molar-refractivity contribution in [1.82, 2.24) is 4.90 Å². The van der Waals surface area contributed by atoms with Crippen LogP contribution >= 0.6 is 15.9 Å². The van der Waals surface area contributed by atoms with E-state index >= 15 is 0 Å². The van der Waals surface area contributed by atoms with Gasteiger partial charge in [-0.15, -0.1) is 0 Å². The Balaban J connectivity index is 2.07. The van der Waals surface area contributed by atoms with E-state index in [2.05, 4.69) is 46.8 Å². The van der Waals surface area contributed by atoms with E-state index < -0.39 is 0 Å². The van der Waals surface area contributed by atoms with Crippen molar-refractivity contribution >= 4 is 15.9 Å². The molecule has 2 rings (SSSR count). The maximum Gasteiger partial charge on any atom is 0.133 e. The lowest BCUT2D eigenvalue weighted by molar-refractivity contribution is 0.127. The van der Waals surface area contributed by atoms with Gasteiger partial charge in [-0.25, -0.2) is 0 Å². The molecule has 0 aliphatic heterocycles. The minimum absolute atomic E-state index is 0.410. The molecule has 22 heavy (non-hydrogen) atoms. The number of benzene rings is 1. The van der Waals surface area contributed by atoms with Gasteiger partial charge in [-0.3, -0.25) is 4.90 Å². The van der Waals surface area contributed by atoms with Crippen LogP contribution in [0, 0.1) is 5.92 Å². The number of hydrogen-bond donors (Lipinski definition) is 1. The molecule has 0 atom stereocenters. The van der Waals surface area contributed by atoms with Gasteiger partial charge >= 0.3 is 0 Å². The van der Waals surface area contributed by atoms with Crippen LogP contribution in [0.15, 0.2) is 22.7 Å². The summed E-state index contributed by atoms with van der Waals surface area (Å²) in [6.45, 7) is 6.74. The number of nitrogens with two attached hydrogens (primary N) is 1. The molecule has 1 fully saturated rings. The summed E-state index contributed by atoms with van der Waals surface area (Å²) in [7, 11) is 1.70. The summed E-state index contributed by atoms with van der Waals surface area (Å²) >= 11 is 3.59. The Bertz CT molecular complexity index is 470. The second-order valence-corrected chi connectivity index (χ2v) is 7.72. The van der Waals surface area contributed by atoms with Gasteiger partial charge in [0, 0.05) is 25.2 Å². The van der Waals surface area contributed by atoms with Gasteiger partial charge in [-0.05, 0) is 65.2 Å². The number of halogens is 1. The van der Waals surface area contributed by atoms with Crippen molar-refractivity contribution in [3.8, 4) is 5.75 Å². The molecule has 0 aromatic heterocycles. The molecular weight excluding hydrogens is 340 g/mol. The van der Waals surface area contributed by atoms with E-state index in [-0.39, 0.29) is 0 Å². The topological polar surface area (TPSA) is 38.5 Å². The van der Waals surface area contributed by atoms with Gasteiger partial charge in [0.1, 0.15) is 5.75 Å². The van der Waals surface area contributed by atoms with Crippen molar-refractivity contribution in [1.29, 1.82) is 0 Å². The molecule has 2 N–H and O–H groups in total. The zero-order chi connectivity index (χ0) is 16.1. The summed E-state index contributed by atoms with van der Waals surface area (Å²) in [6.07, 6.45) is 4.77. The maximum absolute atomic E-state index is 6.06. The second kappa shape index (κ2) is 8.32. The monoisotopic (exact) mass is 368 g/mol. The predicted octanol–water partition coefficient (Wildman–Crippen LogP) is 4.19. The van der Waals surface area contributed by atoms with Gasteiger partial charge in [-0.2, -0.15) is 0 Å². The van der Waals surface area contributed by atoms with Gasteiger partial charge in [0.25, 0.3) is 0 Å². The van der Waals surface area contributed by atoms with Crippen LogP contribution in [-0.4, -0.2) is 30.6 Å². The lowest BCUT2D eigenvalue weighted by Gasteiger charge is -2.37. The normalized spacial score (nSPS) is 22.3. The molecule has 0 spiro atoms. The molecule has 124 valence electrons. The van der Waals surface area contributed by atoms with E-state index in [1.54, 1.807) is 7.11 Å². The van der Waals surface area contributed by atoms with E-state index in [1.165, 1.54) is 18.4 Å². The number of hydrogen-bond acceptors (Lipinski definition) is 3. The highest BCUT2D eigenvalue weighted by atomic mass is 79.9. The third kappa shape index (κ3) is 4.97. The first kappa shape index (κ1) is 17.8. The number of rotatable bonds is 6. The zero-order valence-electron chi connectivity index (χ0n) is 14.0. The Morgan fingerprint density at radius 2 is 1.95 bits per heavy atom. The minimum Gasteiger partial charge on any atom is -0.496 e. The van der Waals surface area contributed by atoms with Crippen LogP contribution < -0.4 is 10.5 Å². The predicted molar refractivity (Wildman–Crippen MR) is 96.2 cm³/mol. The van der Waals surface area contributed by atoms with E-state index in [1.807, 2.05) is 6.07 Å². The molecule has 1 saturated carbocycles. The van der Waals surface area contributed by atoms with E-state index in [4.69, 9.17) is 10.5 Å². The standard InChI is InChI=1S/C18H29BrN2O/c1-13(2)11-21(16-7-5-15(20)6-8-16)12-14-4-9-18(22-3)17(19)10-14/h4,9-10,13,15-16H,5-8,11-12,20H2,1-3H3. The van der Waals surface area contributed by atoms with Crippen LogP contribution in [-0.2, 0) is 6.54 Å². The Kier molecular flexibility index (Phi) is 6.72. The van der Waals surface area contributed by atoms with Gasteiger partial charge in [-0.1, -0.05) is 19.9 Å². The molecule has 0 unspecified atom stereocenters. The summed E-state index contributed by atoms with van der Waals surface area (Å²) in [6, 6.07) is 7.48. The van der Waals surface area contributed by atoms with Crippen LogP contribution in [0.5, 0.6) is 5.75 Å². The van der Waals surface area contributed by atoms with E-state index in [0.29, 0.717) is 18.0 Å². The molecule has 0 saturated heterocycles. The average molecular weight is 369 g/mol. The lowest BCUT2D eigenvalue weighted by atomic mass is 9.90. The molecule has 1 aromatic carbocycles. The highest BCUT2D eigenvalue weighted by molar-refractivity contribution is 9.10. The Labute approximate surface area is 143 Å². The summed E-state index contributed by atoms with van der Waals surface area (Å²) < 4.78 is 6.35. The number of methoxy groups -OCH3 is 1. The molecule has 1 aliphatic rings. The van der Waals surface area contributed by atoms with Crippen molar-refractivity contribution in [2.75, 3.05) is 13.7 Å². The highest BCUT2D eigenvalue weighted by Gasteiger charge is 2.25. The molecule has 3 nitrogen and oxygen atoms in total. The smallest absolute Gasteiger partial charge is 0.133 e. The second-order valence-electron chi connectivity index (χ2n) is 6.86. The van der Waals surface area contributed by atoms with E-state index in [9.17, 15) is 0 Å². The van der Waals surface area contributed by atoms with Crippen molar-refractivity contribution < 1.29 is 4.74 Å². The van der Waals surface area contributed by atoms with Gasteiger partial charge in [0.05, 0.1) is 11.6 Å². The van der Waals surface area contributed by atoms with Crippen LogP contribution in [0.3, 0.4) is 0 Å². The van der Waals surface area contributed by atoms with Crippen LogP contribution in [0.2, 0.25) is 0 Å². The van der Waals surface area contributed by atoms with Crippen molar-refractivity contribution in [3.05, 3.63) is 28.2 Å². The lowest BCUT2D eigenvalue weighted by Crippen LogP contribution is -2.42. The van der Waals surface area contributed by atoms with Crippen molar-refractivity contribution in [2.45, 2.75) is 58.2 Å². The van der Waals surface area contributed by atoms with Gasteiger partial charge in [0.15, 0.2) is 0 Å². The minimum atomic E-state index is 0.410. The van der Waals surface area contributed by atoms with Crippen LogP contribution in [0.4, 0.5) is 0 Å². The Morgan fingerprint density at radius 1 is 1.27 bits per heavy atom. The quantitative estimate of drug-likeness (QED) is 0.817. The van der Waals surface area contributed by atoms with Crippen molar-refractivity contribution in [3.63, 3.8) is 0 Å². The van der Waals surface area contributed by atoms with Crippen LogP contribution in [0.25, 0.3) is 0 Å². The molecule has 1 aliphatic carbocycles. The Morgan fingerprint density at radius 3 is 2.50 bits per heavy atom. The number of nitrogens with zero attached hydrogens (tertiary/aromatic N) is 1. The van der Waals surface area contributed by atoms with Gasteiger partial charge in [0.2, 0.25) is 0 Å². The summed E-state index contributed by atoms with van der Waals surface area (Å²) in [5.74, 6) is 1.57. The first-order valence-electron chi connectivity index (χ1n) is 8.31. The summed E-state index contributed by atoms with van der Waals surface area (Å²) in [5.41, 5.74) is 7.40. The first-order chi connectivity index (χ1) is 10.5. The molecule has 4 heteroatoms. The molecule has 0 heterocycles. The fraction of sp³-hybridized carbons (Fsp3) is 0.667. The fourth-order valence-corrected chi connectivity index (χ4v) is 3.91. The third-order valence-electron chi connectivity index (χ3n) is 4.46. The highest BCUT2D eigenvalue weighted by Crippen LogP contribution is 2.28. The largest absolute Gasteiger partial charge is 0.496 e. The number of ether oxygens (including phenoxy) is 1. The first-order valence-corrected chi connectivity index (χ1v) is 9.11. The molecule has 1 aromatic rings. The SMILES string of the molecule is COc1ccc(CN(CC(C)C)C2CCC(N)CC2)cc1Br. The van der Waals surface area contributed by atoms with Gasteiger partial charge < -0.3 is 10.5 Å². The molecule has 0 bridgehead atoms. The average Bonchev–Trinajstić information content (AvgIpc) is 2.47.